The van der Waals surface area contributed by atoms with Crippen LogP contribution in [0, 0.1) is 10.1 Å². The van der Waals surface area contributed by atoms with Crippen molar-refractivity contribution >= 4 is 27.1 Å². The van der Waals surface area contributed by atoms with Gasteiger partial charge in [-0.2, -0.15) is 0 Å². The van der Waals surface area contributed by atoms with Crippen molar-refractivity contribution in [3.8, 4) is 0 Å². The van der Waals surface area contributed by atoms with Crippen molar-refractivity contribution in [2.45, 2.75) is 4.90 Å². The minimum atomic E-state index is -3.86. The van der Waals surface area contributed by atoms with Gasteiger partial charge in [0, 0.05) is 16.5 Å². The number of nitrogens with zero attached hydrogens (tertiary/aromatic N) is 1. The molecule has 0 bridgehead atoms. The Morgan fingerprint density at radius 2 is 2.07 bits per heavy atom. The van der Waals surface area contributed by atoms with E-state index in [4.69, 9.17) is 11.6 Å². The molecule has 0 N–H and O–H groups in total. The van der Waals surface area contributed by atoms with Gasteiger partial charge in [-0.05, 0) is 12.1 Å². The highest BCUT2D eigenvalue weighted by atomic mass is 35.5. The molecule has 1 aromatic rings. The molecule has 0 saturated carbocycles. The second kappa shape index (κ2) is 4.00. The lowest BCUT2D eigenvalue weighted by atomic mass is 10.3. The molecule has 5 nitrogen and oxygen atoms in total. The minimum absolute atomic E-state index is 0.112. The predicted octanol–water partition coefficient (Wildman–Crippen LogP) is 2.17. The molecule has 0 radical (unpaired) electrons. The summed E-state index contributed by atoms with van der Waals surface area (Å²) in [4.78, 5) is 9.33. The van der Waals surface area contributed by atoms with Gasteiger partial charge in [0.25, 0.3) is 5.69 Å². The molecule has 0 aromatic heterocycles. The SMILES string of the molecule is C=CS(=O)(=O)c1cc(Cl)ccc1[N+](=O)[O-]. The van der Waals surface area contributed by atoms with Gasteiger partial charge in [0.05, 0.1) is 4.92 Å². The molecule has 1 rings (SSSR count). The van der Waals surface area contributed by atoms with E-state index in [1.807, 2.05) is 0 Å². The first-order valence-electron chi connectivity index (χ1n) is 3.70. The molecule has 80 valence electrons. The lowest BCUT2D eigenvalue weighted by Crippen LogP contribution is -2.01. The zero-order chi connectivity index (χ0) is 11.6. The fourth-order valence-corrected chi connectivity index (χ4v) is 2.10. The fraction of sp³-hybridized carbons (Fsp3) is 0. The molecular formula is C8H6ClNO4S. The summed E-state index contributed by atoms with van der Waals surface area (Å²) in [5, 5.41) is 11.3. The molecule has 0 spiro atoms. The van der Waals surface area contributed by atoms with Gasteiger partial charge in [-0.1, -0.05) is 18.2 Å². The van der Waals surface area contributed by atoms with Crippen molar-refractivity contribution in [1.29, 1.82) is 0 Å². The molecule has 0 aliphatic carbocycles. The summed E-state index contributed by atoms with van der Waals surface area (Å²) in [5.74, 6) is 0. The second-order valence-electron chi connectivity index (χ2n) is 2.58. The standard InChI is InChI=1S/C8H6ClNO4S/c1-2-15(13,14)8-5-6(9)3-4-7(8)10(11)12/h2-5H,1H2. The smallest absolute Gasteiger partial charge is 0.258 e. The Morgan fingerprint density at radius 1 is 1.47 bits per heavy atom. The van der Waals surface area contributed by atoms with Gasteiger partial charge in [-0.25, -0.2) is 8.42 Å². The topological polar surface area (TPSA) is 77.3 Å². The molecule has 1 aromatic carbocycles. The maximum atomic E-state index is 11.4. The van der Waals surface area contributed by atoms with Crippen LogP contribution in [0.5, 0.6) is 0 Å². The minimum Gasteiger partial charge on any atom is -0.258 e. The summed E-state index contributed by atoms with van der Waals surface area (Å²) < 4.78 is 22.8. The molecule has 7 heteroatoms. The van der Waals surface area contributed by atoms with Gasteiger partial charge in [-0.3, -0.25) is 10.1 Å². The van der Waals surface area contributed by atoms with Gasteiger partial charge >= 0.3 is 0 Å². The Balaban J connectivity index is 3.58. The number of hydrogen-bond acceptors (Lipinski definition) is 4. The summed E-state index contributed by atoms with van der Waals surface area (Å²) in [6.45, 7) is 3.09. The molecule has 0 aliphatic heterocycles. The highest BCUT2D eigenvalue weighted by Gasteiger charge is 2.23. The van der Waals surface area contributed by atoms with Gasteiger partial charge in [0.1, 0.15) is 4.90 Å². The molecule has 0 amide bonds. The van der Waals surface area contributed by atoms with Crippen LogP contribution >= 0.6 is 11.6 Å². The lowest BCUT2D eigenvalue weighted by molar-refractivity contribution is -0.387. The van der Waals surface area contributed by atoms with Crippen LogP contribution in [0.4, 0.5) is 5.69 Å². The quantitative estimate of drug-likeness (QED) is 0.606. The average Bonchev–Trinajstić information content (AvgIpc) is 2.17. The average molecular weight is 248 g/mol. The number of nitro groups is 1. The zero-order valence-electron chi connectivity index (χ0n) is 7.38. The van der Waals surface area contributed by atoms with Crippen molar-refractivity contribution in [2.75, 3.05) is 0 Å². The van der Waals surface area contributed by atoms with Gasteiger partial charge < -0.3 is 0 Å². The van der Waals surface area contributed by atoms with Gasteiger partial charge in [0.15, 0.2) is 0 Å². The van der Waals surface area contributed by atoms with Crippen LogP contribution in [-0.2, 0) is 9.84 Å². The van der Waals surface area contributed by atoms with Crippen LogP contribution in [0.25, 0.3) is 0 Å². The van der Waals surface area contributed by atoms with Crippen LogP contribution in [0.2, 0.25) is 5.02 Å². The first kappa shape index (κ1) is 11.7. The maximum absolute atomic E-state index is 11.4. The van der Waals surface area contributed by atoms with Crippen LogP contribution in [-0.4, -0.2) is 13.3 Å². The highest BCUT2D eigenvalue weighted by Crippen LogP contribution is 2.27. The lowest BCUT2D eigenvalue weighted by Gasteiger charge is -2.00. The molecule has 0 heterocycles. The van der Waals surface area contributed by atoms with E-state index in [2.05, 4.69) is 6.58 Å². The number of benzene rings is 1. The van der Waals surface area contributed by atoms with Crippen LogP contribution in [0.3, 0.4) is 0 Å². The normalized spacial score (nSPS) is 11.0. The Kier molecular flexibility index (Phi) is 3.11. The van der Waals surface area contributed by atoms with E-state index in [0.29, 0.717) is 5.41 Å². The Labute approximate surface area is 91.1 Å². The van der Waals surface area contributed by atoms with E-state index >= 15 is 0 Å². The monoisotopic (exact) mass is 247 g/mol. The number of nitro benzene ring substituents is 1. The summed E-state index contributed by atoms with van der Waals surface area (Å²) in [5.41, 5.74) is -0.515. The summed E-state index contributed by atoms with van der Waals surface area (Å²) in [6.07, 6.45) is 0. The van der Waals surface area contributed by atoms with Crippen molar-refractivity contribution in [3.05, 3.63) is 45.3 Å². The molecule has 0 unspecified atom stereocenters. The van der Waals surface area contributed by atoms with Crippen molar-refractivity contribution in [2.24, 2.45) is 0 Å². The molecule has 15 heavy (non-hydrogen) atoms. The van der Waals surface area contributed by atoms with E-state index in [0.717, 1.165) is 12.1 Å². The first-order chi connectivity index (χ1) is 6.88. The Morgan fingerprint density at radius 3 is 2.53 bits per heavy atom. The highest BCUT2D eigenvalue weighted by molar-refractivity contribution is 7.94. The van der Waals surface area contributed by atoms with Crippen molar-refractivity contribution < 1.29 is 13.3 Å². The number of halogens is 1. The predicted molar refractivity (Wildman–Crippen MR) is 55.5 cm³/mol. The van der Waals surface area contributed by atoms with E-state index < -0.39 is 25.3 Å². The van der Waals surface area contributed by atoms with Crippen molar-refractivity contribution in [3.63, 3.8) is 0 Å². The van der Waals surface area contributed by atoms with E-state index in [1.54, 1.807) is 0 Å². The Bertz CT molecular complexity index is 523. The molecular weight excluding hydrogens is 242 g/mol. The third-order valence-corrected chi connectivity index (χ3v) is 3.26. The zero-order valence-corrected chi connectivity index (χ0v) is 8.96. The van der Waals surface area contributed by atoms with Crippen LogP contribution < -0.4 is 0 Å². The molecule has 0 atom stereocenters. The third-order valence-electron chi connectivity index (χ3n) is 1.64. The largest absolute Gasteiger partial charge is 0.288 e. The second-order valence-corrected chi connectivity index (χ2v) is 4.88. The van der Waals surface area contributed by atoms with Crippen LogP contribution in [0.15, 0.2) is 35.1 Å². The molecule has 0 aliphatic rings. The number of sulfone groups is 1. The van der Waals surface area contributed by atoms with E-state index in [1.165, 1.54) is 6.07 Å². The number of hydrogen-bond donors (Lipinski definition) is 0. The van der Waals surface area contributed by atoms with Crippen LogP contribution in [0.1, 0.15) is 0 Å². The fourth-order valence-electron chi connectivity index (χ4n) is 0.956. The summed E-state index contributed by atoms with van der Waals surface area (Å²) in [6, 6.07) is 3.32. The number of rotatable bonds is 3. The van der Waals surface area contributed by atoms with E-state index in [-0.39, 0.29) is 5.02 Å². The van der Waals surface area contributed by atoms with Crippen molar-refractivity contribution in [1.82, 2.24) is 0 Å². The maximum Gasteiger partial charge on any atom is 0.288 e. The first-order valence-corrected chi connectivity index (χ1v) is 5.62. The Hall–Kier alpha value is -1.40. The van der Waals surface area contributed by atoms with Gasteiger partial charge in [-0.15, -0.1) is 0 Å². The third kappa shape index (κ3) is 2.34. The summed E-state index contributed by atoms with van der Waals surface area (Å²) in [7, 11) is -3.86. The van der Waals surface area contributed by atoms with Gasteiger partial charge in [0.2, 0.25) is 9.84 Å². The molecule has 0 fully saturated rings. The molecule has 0 saturated heterocycles. The van der Waals surface area contributed by atoms with E-state index in [9.17, 15) is 18.5 Å². The summed E-state index contributed by atoms with van der Waals surface area (Å²) >= 11 is 5.56.